The molecular weight excluding hydrogens is 380 g/mol. The minimum Gasteiger partial charge on any atom is -0.347 e. The standard InChI is InChI=1S/C23H26N4OS/c1-15-11-12-17(16(15)2)13-24-23(28)20-14-29-22(27-20)10-6-5-9-21-25-18-7-3-4-8-19(18)26-21/h3-4,7-8,11-12,14-15H,5-6,9-10,13H2,1-2H3,(H,24,28)(H,25,26). The molecule has 6 heteroatoms. The molecule has 0 saturated carbocycles. The summed E-state index contributed by atoms with van der Waals surface area (Å²) >= 11 is 1.57. The van der Waals surface area contributed by atoms with E-state index in [0.29, 0.717) is 18.2 Å². The van der Waals surface area contributed by atoms with E-state index in [1.807, 2.05) is 23.6 Å². The van der Waals surface area contributed by atoms with Crippen molar-refractivity contribution in [3.8, 4) is 0 Å². The number of imidazole rings is 1. The SMILES string of the molecule is CC1=C(CNC(=O)c2csc(CCCCc3nc4ccccc4[nH]3)n2)C=CC1C. The van der Waals surface area contributed by atoms with Crippen molar-refractivity contribution in [3.63, 3.8) is 0 Å². The van der Waals surface area contributed by atoms with E-state index in [0.717, 1.165) is 47.5 Å². The highest BCUT2D eigenvalue weighted by atomic mass is 32.1. The quantitative estimate of drug-likeness (QED) is 0.526. The molecule has 0 saturated heterocycles. The Balaban J connectivity index is 1.22. The number of aromatic nitrogens is 3. The molecule has 4 rings (SSSR count). The first kappa shape index (κ1) is 19.6. The third-order valence-electron chi connectivity index (χ3n) is 5.49. The number of fused-ring (bicyclic) bond motifs is 1. The normalized spacial score (nSPS) is 16.1. The summed E-state index contributed by atoms with van der Waals surface area (Å²) in [4.78, 5) is 24.9. The van der Waals surface area contributed by atoms with Gasteiger partial charge in [-0.1, -0.05) is 36.8 Å². The van der Waals surface area contributed by atoms with Gasteiger partial charge in [-0.05, 0) is 49.8 Å². The average Bonchev–Trinajstić information content (AvgIpc) is 3.43. The molecule has 0 spiro atoms. The van der Waals surface area contributed by atoms with Crippen molar-refractivity contribution in [2.45, 2.75) is 39.5 Å². The van der Waals surface area contributed by atoms with Gasteiger partial charge in [0, 0.05) is 18.3 Å². The van der Waals surface area contributed by atoms with E-state index in [9.17, 15) is 4.79 Å². The average molecular weight is 407 g/mol. The lowest BCUT2D eigenvalue weighted by molar-refractivity contribution is 0.0953. The Morgan fingerprint density at radius 1 is 1.21 bits per heavy atom. The van der Waals surface area contributed by atoms with Crippen LogP contribution in [-0.4, -0.2) is 27.4 Å². The number of unbranched alkanes of at least 4 members (excludes halogenated alkanes) is 1. The smallest absolute Gasteiger partial charge is 0.271 e. The van der Waals surface area contributed by atoms with Gasteiger partial charge in [0.05, 0.1) is 16.0 Å². The molecule has 2 N–H and O–H groups in total. The van der Waals surface area contributed by atoms with Crippen LogP contribution in [0.1, 0.15) is 48.0 Å². The van der Waals surface area contributed by atoms with E-state index in [1.165, 1.54) is 11.1 Å². The second-order valence-electron chi connectivity index (χ2n) is 7.57. The third kappa shape index (κ3) is 4.65. The number of rotatable bonds is 8. The number of nitrogens with zero attached hydrogens (tertiary/aromatic N) is 2. The highest BCUT2D eigenvalue weighted by Crippen LogP contribution is 2.23. The van der Waals surface area contributed by atoms with Crippen LogP contribution >= 0.6 is 11.3 Å². The van der Waals surface area contributed by atoms with Crippen LogP contribution in [0.25, 0.3) is 11.0 Å². The van der Waals surface area contributed by atoms with Gasteiger partial charge in [-0.15, -0.1) is 11.3 Å². The first-order valence-corrected chi connectivity index (χ1v) is 11.0. The van der Waals surface area contributed by atoms with Crippen LogP contribution in [0, 0.1) is 5.92 Å². The Kier molecular flexibility index (Phi) is 5.90. The van der Waals surface area contributed by atoms with Crippen LogP contribution in [0.15, 0.2) is 52.9 Å². The predicted molar refractivity (Wildman–Crippen MR) is 118 cm³/mol. The number of H-pyrrole nitrogens is 1. The van der Waals surface area contributed by atoms with Gasteiger partial charge in [0.15, 0.2) is 0 Å². The second kappa shape index (κ2) is 8.74. The summed E-state index contributed by atoms with van der Waals surface area (Å²) in [5.41, 5.74) is 5.16. The maximum atomic E-state index is 12.4. The maximum Gasteiger partial charge on any atom is 0.271 e. The first-order valence-electron chi connectivity index (χ1n) is 10.1. The van der Waals surface area contributed by atoms with Crippen LogP contribution in [-0.2, 0) is 12.8 Å². The molecule has 1 aromatic carbocycles. The molecule has 1 amide bonds. The molecule has 1 atom stereocenters. The number of carbonyl (C=O) groups excluding carboxylic acids is 1. The van der Waals surface area contributed by atoms with Crippen LogP contribution < -0.4 is 5.32 Å². The molecule has 2 aromatic heterocycles. The fourth-order valence-corrected chi connectivity index (χ4v) is 4.34. The van der Waals surface area contributed by atoms with Crippen molar-refractivity contribution in [3.05, 3.63) is 69.5 Å². The fourth-order valence-electron chi connectivity index (χ4n) is 3.52. The molecule has 1 aliphatic carbocycles. The van der Waals surface area contributed by atoms with E-state index in [4.69, 9.17) is 0 Å². The van der Waals surface area contributed by atoms with Crippen molar-refractivity contribution in [2.75, 3.05) is 6.54 Å². The van der Waals surface area contributed by atoms with Gasteiger partial charge < -0.3 is 10.3 Å². The van der Waals surface area contributed by atoms with Crippen molar-refractivity contribution in [1.82, 2.24) is 20.3 Å². The predicted octanol–water partition coefficient (Wildman–Crippen LogP) is 4.84. The largest absolute Gasteiger partial charge is 0.347 e. The molecule has 0 aliphatic heterocycles. The zero-order chi connectivity index (χ0) is 20.2. The molecule has 0 fully saturated rings. The summed E-state index contributed by atoms with van der Waals surface area (Å²) < 4.78 is 0. The van der Waals surface area contributed by atoms with Gasteiger partial charge in [0.2, 0.25) is 0 Å². The second-order valence-corrected chi connectivity index (χ2v) is 8.52. The maximum absolute atomic E-state index is 12.4. The number of amides is 1. The Hall–Kier alpha value is -2.73. The summed E-state index contributed by atoms with van der Waals surface area (Å²) in [5.74, 6) is 1.40. The molecule has 3 aromatic rings. The van der Waals surface area contributed by atoms with E-state index < -0.39 is 0 Å². The first-order chi connectivity index (χ1) is 14.1. The molecule has 29 heavy (non-hydrogen) atoms. The molecular formula is C23H26N4OS. The van der Waals surface area contributed by atoms with Crippen molar-refractivity contribution >= 4 is 28.3 Å². The van der Waals surface area contributed by atoms with Gasteiger partial charge in [0.25, 0.3) is 5.91 Å². The van der Waals surface area contributed by atoms with Gasteiger partial charge in [-0.2, -0.15) is 0 Å². The van der Waals surface area contributed by atoms with Crippen LogP contribution in [0.5, 0.6) is 0 Å². The minimum atomic E-state index is -0.0944. The van der Waals surface area contributed by atoms with E-state index >= 15 is 0 Å². The number of hydrogen-bond acceptors (Lipinski definition) is 4. The Morgan fingerprint density at radius 2 is 2.03 bits per heavy atom. The molecule has 1 unspecified atom stereocenters. The summed E-state index contributed by atoms with van der Waals surface area (Å²) in [5, 5.41) is 5.87. The molecule has 5 nitrogen and oxygen atoms in total. The van der Waals surface area contributed by atoms with E-state index in [-0.39, 0.29) is 5.91 Å². The third-order valence-corrected chi connectivity index (χ3v) is 6.40. The van der Waals surface area contributed by atoms with Crippen LogP contribution in [0.2, 0.25) is 0 Å². The Labute approximate surface area is 175 Å². The number of hydrogen-bond donors (Lipinski definition) is 2. The molecule has 0 radical (unpaired) electrons. The fraction of sp³-hybridized carbons (Fsp3) is 0.348. The summed E-state index contributed by atoms with van der Waals surface area (Å²) in [6.07, 6.45) is 8.16. The summed E-state index contributed by atoms with van der Waals surface area (Å²) in [6.45, 7) is 4.86. The zero-order valence-corrected chi connectivity index (χ0v) is 17.7. The van der Waals surface area contributed by atoms with Gasteiger partial charge in [-0.3, -0.25) is 4.79 Å². The van der Waals surface area contributed by atoms with E-state index in [1.54, 1.807) is 11.3 Å². The van der Waals surface area contributed by atoms with Crippen molar-refractivity contribution < 1.29 is 4.79 Å². The minimum absolute atomic E-state index is 0.0944. The topological polar surface area (TPSA) is 70.7 Å². The van der Waals surface area contributed by atoms with Gasteiger partial charge in [0.1, 0.15) is 11.5 Å². The number of aromatic amines is 1. The number of nitrogens with one attached hydrogen (secondary N) is 2. The molecule has 1 aliphatic rings. The number of para-hydroxylation sites is 2. The molecule has 0 bridgehead atoms. The highest BCUT2D eigenvalue weighted by Gasteiger charge is 2.15. The zero-order valence-electron chi connectivity index (χ0n) is 16.9. The molecule has 150 valence electrons. The molecule has 2 heterocycles. The van der Waals surface area contributed by atoms with Crippen molar-refractivity contribution in [2.24, 2.45) is 5.92 Å². The lowest BCUT2D eigenvalue weighted by Gasteiger charge is -2.07. The van der Waals surface area contributed by atoms with Gasteiger partial charge in [-0.25, -0.2) is 9.97 Å². The lowest BCUT2D eigenvalue weighted by atomic mass is 10.0. The number of aryl methyl sites for hydroxylation is 2. The number of allylic oxidation sites excluding steroid dienone is 2. The van der Waals surface area contributed by atoms with Crippen molar-refractivity contribution in [1.29, 1.82) is 0 Å². The number of benzene rings is 1. The van der Waals surface area contributed by atoms with Crippen LogP contribution in [0.3, 0.4) is 0 Å². The number of thiazole rings is 1. The summed E-state index contributed by atoms with van der Waals surface area (Å²) in [6, 6.07) is 8.10. The highest BCUT2D eigenvalue weighted by molar-refractivity contribution is 7.09. The number of carbonyl (C=O) groups is 1. The van der Waals surface area contributed by atoms with E-state index in [2.05, 4.69) is 52.3 Å². The van der Waals surface area contributed by atoms with Gasteiger partial charge >= 0.3 is 0 Å². The Bertz CT molecular complexity index is 1040. The summed E-state index contributed by atoms with van der Waals surface area (Å²) in [7, 11) is 0. The monoisotopic (exact) mass is 406 g/mol. The Morgan fingerprint density at radius 3 is 2.83 bits per heavy atom. The van der Waals surface area contributed by atoms with Crippen LogP contribution in [0.4, 0.5) is 0 Å². The lowest BCUT2D eigenvalue weighted by Crippen LogP contribution is -2.25.